The Balaban J connectivity index is 0.000000406. The molecule has 1 atom stereocenters. The molecule has 0 saturated carbocycles. The Bertz CT molecular complexity index is 987. The lowest BCUT2D eigenvalue weighted by Gasteiger charge is -2.38. The average molecular weight is 481 g/mol. The Kier molecular flexibility index (Phi) is 8.24. The van der Waals surface area contributed by atoms with Crippen LogP contribution in [-0.4, -0.2) is 56.6 Å². The maximum absolute atomic E-state index is 13.6. The fraction of sp³-hybridized carbons (Fsp3) is 0.458. The molecule has 1 aromatic carbocycles. The van der Waals surface area contributed by atoms with Crippen molar-refractivity contribution in [2.75, 3.05) is 13.1 Å². The van der Waals surface area contributed by atoms with Gasteiger partial charge < -0.3 is 10.0 Å². The first-order valence-electron chi connectivity index (χ1n) is 11.1. The standard InChI is InChI=1S/C22H26FN3O.C2HF3O2/c23-20-6-1-4-18(14-20)17-26-21(27)7-9-22(26)8-3-12-25(13-10-22)16-19-5-2-11-24-15-19;3-2(4,5)1(6)7/h1-2,4-6,11,14-15H,3,7-10,12-13,16-17H2;(H,6,7). The molecule has 184 valence electrons. The predicted molar refractivity (Wildman–Crippen MR) is 116 cm³/mol. The van der Waals surface area contributed by atoms with Crippen molar-refractivity contribution in [3.05, 3.63) is 65.7 Å². The van der Waals surface area contributed by atoms with Gasteiger partial charge in [0, 0.05) is 44.0 Å². The second-order valence-electron chi connectivity index (χ2n) is 8.63. The van der Waals surface area contributed by atoms with Gasteiger partial charge in [0.05, 0.1) is 0 Å². The van der Waals surface area contributed by atoms with E-state index in [0.29, 0.717) is 13.0 Å². The summed E-state index contributed by atoms with van der Waals surface area (Å²) in [6.45, 7) is 3.43. The monoisotopic (exact) mass is 481 g/mol. The molecule has 10 heteroatoms. The van der Waals surface area contributed by atoms with Gasteiger partial charge in [-0.05, 0) is 61.6 Å². The van der Waals surface area contributed by atoms with E-state index in [1.807, 2.05) is 23.2 Å². The number of amides is 1. The Morgan fingerprint density at radius 2 is 1.79 bits per heavy atom. The number of alkyl halides is 3. The number of hydrogen-bond donors (Lipinski definition) is 1. The Morgan fingerprint density at radius 3 is 2.44 bits per heavy atom. The number of carbonyl (C=O) groups is 2. The Morgan fingerprint density at radius 1 is 1.06 bits per heavy atom. The number of carboxylic acid groups (broad SMARTS) is 1. The van der Waals surface area contributed by atoms with Crippen molar-refractivity contribution in [1.29, 1.82) is 0 Å². The number of pyridine rings is 1. The number of nitrogens with zero attached hydrogens (tertiary/aromatic N) is 3. The van der Waals surface area contributed by atoms with Crippen LogP contribution in [0.4, 0.5) is 17.6 Å². The van der Waals surface area contributed by atoms with Crippen LogP contribution >= 0.6 is 0 Å². The highest BCUT2D eigenvalue weighted by Gasteiger charge is 2.45. The minimum atomic E-state index is -5.08. The molecule has 0 aliphatic carbocycles. The minimum absolute atomic E-state index is 0.0763. The van der Waals surface area contributed by atoms with Crippen LogP contribution in [0.15, 0.2) is 48.8 Å². The number of likely N-dealkylation sites (tertiary alicyclic amines) is 2. The zero-order valence-corrected chi connectivity index (χ0v) is 18.6. The third kappa shape index (κ3) is 6.75. The molecule has 1 spiro atoms. The quantitative estimate of drug-likeness (QED) is 0.656. The first-order valence-corrected chi connectivity index (χ1v) is 11.1. The number of halogens is 4. The highest BCUT2D eigenvalue weighted by Crippen LogP contribution is 2.40. The van der Waals surface area contributed by atoms with Gasteiger partial charge in [-0.25, -0.2) is 9.18 Å². The van der Waals surface area contributed by atoms with E-state index in [2.05, 4.69) is 16.0 Å². The molecule has 2 saturated heterocycles. The lowest BCUT2D eigenvalue weighted by molar-refractivity contribution is -0.192. The summed E-state index contributed by atoms with van der Waals surface area (Å²) >= 11 is 0. The molecule has 6 nitrogen and oxygen atoms in total. The smallest absolute Gasteiger partial charge is 0.475 e. The topological polar surface area (TPSA) is 73.7 Å². The summed E-state index contributed by atoms with van der Waals surface area (Å²) < 4.78 is 45.3. The molecule has 1 N–H and O–H groups in total. The summed E-state index contributed by atoms with van der Waals surface area (Å²) in [7, 11) is 0. The number of carboxylic acids is 1. The lowest BCUT2D eigenvalue weighted by atomic mass is 9.87. The second kappa shape index (κ2) is 10.9. The maximum atomic E-state index is 13.6. The number of aliphatic carboxylic acids is 1. The molecule has 3 heterocycles. The van der Waals surface area contributed by atoms with Gasteiger partial charge in [-0.3, -0.25) is 14.7 Å². The number of carbonyl (C=O) groups excluding carboxylic acids is 1. The molecule has 4 rings (SSSR count). The summed E-state index contributed by atoms with van der Waals surface area (Å²) in [5.41, 5.74) is 2.03. The second-order valence-corrected chi connectivity index (χ2v) is 8.63. The van der Waals surface area contributed by atoms with Crippen LogP contribution in [0.1, 0.15) is 43.2 Å². The van der Waals surface area contributed by atoms with Gasteiger partial charge in [0.1, 0.15) is 5.82 Å². The molecule has 1 aromatic heterocycles. The van der Waals surface area contributed by atoms with Crippen molar-refractivity contribution < 1.29 is 32.3 Å². The van der Waals surface area contributed by atoms with Crippen molar-refractivity contribution in [1.82, 2.24) is 14.8 Å². The normalized spacial score (nSPS) is 21.2. The van der Waals surface area contributed by atoms with Gasteiger partial charge in [0.2, 0.25) is 5.91 Å². The van der Waals surface area contributed by atoms with Gasteiger partial charge in [0.25, 0.3) is 0 Å². The average Bonchev–Trinajstić information content (AvgIpc) is 2.94. The zero-order valence-electron chi connectivity index (χ0n) is 18.6. The largest absolute Gasteiger partial charge is 0.490 e. The minimum Gasteiger partial charge on any atom is -0.475 e. The van der Waals surface area contributed by atoms with E-state index in [1.54, 1.807) is 18.3 Å². The van der Waals surface area contributed by atoms with Crippen LogP contribution in [0.2, 0.25) is 0 Å². The van der Waals surface area contributed by atoms with Gasteiger partial charge >= 0.3 is 12.1 Å². The van der Waals surface area contributed by atoms with Crippen molar-refractivity contribution in [3.63, 3.8) is 0 Å². The Hall–Kier alpha value is -3.01. The van der Waals surface area contributed by atoms with Crippen LogP contribution in [0.25, 0.3) is 0 Å². The van der Waals surface area contributed by atoms with E-state index < -0.39 is 12.1 Å². The molecule has 2 aliphatic heterocycles. The van der Waals surface area contributed by atoms with E-state index in [4.69, 9.17) is 9.90 Å². The van der Waals surface area contributed by atoms with Crippen LogP contribution in [0.3, 0.4) is 0 Å². The molecule has 2 aliphatic rings. The van der Waals surface area contributed by atoms with E-state index in [9.17, 15) is 22.4 Å². The van der Waals surface area contributed by atoms with Crippen LogP contribution < -0.4 is 0 Å². The van der Waals surface area contributed by atoms with E-state index >= 15 is 0 Å². The number of aromatic nitrogens is 1. The Labute approximate surface area is 195 Å². The van der Waals surface area contributed by atoms with Crippen molar-refractivity contribution >= 4 is 11.9 Å². The number of rotatable bonds is 4. The molecule has 0 bridgehead atoms. The van der Waals surface area contributed by atoms with Crippen LogP contribution in [0, 0.1) is 5.82 Å². The van der Waals surface area contributed by atoms with Gasteiger partial charge in [0.15, 0.2) is 0 Å². The number of benzene rings is 1. The van der Waals surface area contributed by atoms with Crippen molar-refractivity contribution in [3.8, 4) is 0 Å². The summed E-state index contributed by atoms with van der Waals surface area (Å²) in [5.74, 6) is -2.79. The summed E-state index contributed by atoms with van der Waals surface area (Å²) in [6.07, 6.45) is 3.25. The summed E-state index contributed by atoms with van der Waals surface area (Å²) in [5, 5.41) is 7.12. The van der Waals surface area contributed by atoms with Crippen molar-refractivity contribution in [2.24, 2.45) is 0 Å². The molecular formula is C24H27F4N3O3. The molecular weight excluding hydrogens is 454 g/mol. The predicted octanol–water partition coefficient (Wildman–Crippen LogP) is 4.40. The first kappa shape index (κ1) is 25.6. The van der Waals surface area contributed by atoms with E-state index in [0.717, 1.165) is 50.9 Å². The highest BCUT2D eigenvalue weighted by atomic mass is 19.4. The van der Waals surface area contributed by atoms with Crippen molar-refractivity contribution in [2.45, 2.75) is 56.9 Å². The highest BCUT2D eigenvalue weighted by molar-refractivity contribution is 5.79. The van der Waals surface area contributed by atoms with Crippen LogP contribution in [-0.2, 0) is 22.7 Å². The first-order chi connectivity index (χ1) is 16.1. The van der Waals surface area contributed by atoms with E-state index in [1.165, 1.54) is 11.6 Å². The third-order valence-electron chi connectivity index (χ3n) is 6.29. The SMILES string of the molecule is O=C(O)C(F)(F)F.O=C1CCC2(CCCN(Cc3cccnc3)CC2)N1Cc1cccc(F)c1. The molecule has 1 unspecified atom stereocenters. The van der Waals surface area contributed by atoms with Gasteiger partial charge in [-0.15, -0.1) is 0 Å². The zero-order chi connectivity index (χ0) is 24.8. The molecule has 1 amide bonds. The summed E-state index contributed by atoms with van der Waals surface area (Å²) in [6, 6.07) is 10.7. The summed E-state index contributed by atoms with van der Waals surface area (Å²) in [4.78, 5) is 30.2. The molecule has 2 aromatic rings. The number of hydrogen-bond acceptors (Lipinski definition) is 4. The van der Waals surface area contributed by atoms with Gasteiger partial charge in [-0.1, -0.05) is 18.2 Å². The molecule has 2 fully saturated rings. The molecule has 0 radical (unpaired) electrons. The third-order valence-corrected chi connectivity index (χ3v) is 6.29. The van der Waals surface area contributed by atoms with E-state index in [-0.39, 0.29) is 17.3 Å². The maximum Gasteiger partial charge on any atom is 0.490 e. The fourth-order valence-electron chi connectivity index (χ4n) is 4.61. The lowest BCUT2D eigenvalue weighted by Crippen LogP contribution is -2.45. The fourth-order valence-corrected chi connectivity index (χ4v) is 4.61. The molecule has 34 heavy (non-hydrogen) atoms. The van der Waals surface area contributed by atoms with Crippen LogP contribution in [0.5, 0.6) is 0 Å². The van der Waals surface area contributed by atoms with Gasteiger partial charge in [-0.2, -0.15) is 13.2 Å².